The molecule has 31 heavy (non-hydrogen) atoms. The molecule has 0 aliphatic rings. The van der Waals surface area contributed by atoms with E-state index in [2.05, 4.69) is 10.3 Å². The molecule has 2 aromatic heterocycles. The molecule has 0 spiro atoms. The van der Waals surface area contributed by atoms with Gasteiger partial charge < -0.3 is 19.2 Å². The normalized spacial score (nSPS) is 10.6. The predicted molar refractivity (Wildman–Crippen MR) is 116 cm³/mol. The summed E-state index contributed by atoms with van der Waals surface area (Å²) in [4.78, 5) is 28.9. The zero-order chi connectivity index (χ0) is 21.6. The minimum absolute atomic E-state index is 0.0383. The number of nitrogens with zero attached hydrogens (tertiary/aromatic N) is 1. The summed E-state index contributed by atoms with van der Waals surface area (Å²) in [5, 5.41) is 3.18. The first kappa shape index (κ1) is 20.2. The van der Waals surface area contributed by atoms with Gasteiger partial charge in [-0.25, -0.2) is 4.98 Å². The first-order valence-corrected chi connectivity index (χ1v) is 9.79. The number of carbonyl (C=O) groups excluding carboxylic acids is 1. The maximum Gasteiger partial charge on any atom is 0.287 e. The summed E-state index contributed by atoms with van der Waals surface area (Å²) in [6, 6.07) is 18.7. The Bertz CT molecular complexity index is 1260. The van der Waals surface area contributed by atoms with Crippen LogP contribution in [-0.4, -0.2) is 17.5 Å². The van der Waals surface area contributed by atoms with Gasteiger partial charge in [-0.05, 0) is 55.0 Å². The quantitative estimate of drug-likeness (QED) is 0.483. The summed E-state index contributed by atoms with van der Waals surface area (Å²) >= 11 is 0. The van der Waals surface area contributed by atoms with Crippen LogP contribution in [-0.2, 0) is 6.54 Å². The lowest BCUT2D eigenvalue weighted by molar-refractivity contribution is 0.0923. The second-order valence-corrected chi connectivity index (χ2v) is 6.66. The molecule has 2 aromatic carbocycles. The number of fused-ring (bicyclic) bond motifs is 1. The van der Waals surface area contributed by atoms with Crippen LogP contribution in [0.25, 0.3) is 11.0 Å². The zero-order valence-electron chi connectivity index (χ0n) is 16.8. The first-order chi connectivity index (χ1) is 15.1. The summed E-state index contributed by atoms with van der Waals surface area (Å²) < 4.78 is 16.7. The molecular formula is C24H20N2O5. The van der Waals surface area contributed by atoms with Gasteiger partial charge in [-0.3, -0.25) is 9.59 Å². The van der Waals surface area contributed by atoms with Gasteiger partial charge in [0.1, 0.15) is 17.1 Å². The molecule has 4 aromatic rings. The van der Waals surface area contributed by atoms with E-state index in [-0.39, 0.29) is 17.7 Å². The van der Waals surface area contributed by atoms with Crippen molar-refractivity contribution in [2.24, 2.45) is 0 Å². The summed E-state index contributed by atoms with van der Waals surface area (Å²) in [5.41, 5.74) is 0.893. The van der Waals surface area contributed by atoms with Crippen molar-refractivity contribution < 1.29 is 18.7 Å². The van der Waals surface area contributed by atoms with Crippen LogP contribution in [0.5, 0.6) is 17.4 Å². The van der Waals surface area contributed by atoms with Gasteiger partial charge in [0.2, 0.25) is 5.88 Å². The van der Waals surface area contributed by atoms with Crippen molar-refractivity contribution in [1.82, 2.24) is 10.3 Å². The molecule has 156 valence electrons. The Balaban J connectivity index is 1.42. The summed E-state index contributed by atoms with van der Waals surface area (Å²) in [7, 11) is 0. The van der Waals surface area contributed by atoms with Gasteiger partial charge in [-0.15, -0.1) is 0 Å². The number of rotatable bonds is 7. The van der Waals surface area contributed by atoms with E-state index in [1.54, 1.807) is 54.7 Å². The zero-order valence-corrected chi connectivity index (χ0v) is 16.8. The van der Waals surface area contributed by atoms with Crippen LogP contribution in [0.4, 0.5) is 0 Å². The van der Waals surface area contributed by atoms with Crippen molar-refractivity contribution in [1.29, 1.82) is 0 Å². The average Bonchev–Trinajstić information content (AvgIpc) is 2.79. The molecule has 2 heterocycles. The summed E-state index contributed by atoms with van der Waals surface area (Å²) in [6.45, 7) is 2.74. The molecule has 0 saturated carbocycles. The Morgan fingerprint density at radius 2 is 1.81 bits per heavy atom. The Morgan fingerprint density at radius 1 is 1.03 bits per heavy atom. The predicted octanol–water partition coefficient (Wildman–Crippen LogP) is 4.31. The van der Waals surface area contributed by atoms with Gasteiger partial charge in [-0.2, -0.15) is 0 Å². The number of hydrogen-bond donors (Lipinski definition) is 1. The van der Waals surface area contributed by atoms with E-state index in [0.717, 1.165) is 11.3 Å². The van der Waals surface area contributed by atoms with Crippen LogP contribution >= 0.6 is 0 Å². The SMILES string of the molecule is CCOc1ccc(Oc2cc(CNC(=O)c3cc(=O)c4ccccc4o3)ccn2)cc1. The maximum atomic E-state index is 12.5. The lowest BCUT2D eigenvalue weighted by atomic mass is 10.2. The molecule has 0 aliphatic carbocycles. The van der Waals surface area contributed by atoms with Crippen LogP contribution in [0.15, 0.2) is 82.1 Å². The second-order valence-electron chi connectivity index (χ2n) is 6.66. The van der Waals surface area contributed by atoms with Crippen molar-refractivity contribution in [3.63, 3.8) is 0 Å². The number of amides is 1. The average molecular weight is 416 g/mol. The van der Waals surface area contributed by atoms with E-state index in [1.165, 1.54) is 6.07 Å². The number of para-hydroxylation sites is 1. The van der Waals surface area contributed by atoms with E-state index in [1.807, 2.05) is 19.1 Å². The third-order valence-electron chi connectivity index (χ3n) is 4.47. The Kier molecular flexibility index (Phi) is 5.93. The highest BCUT2D eigenvalue weighted by molar-refractivity contribution is 5.93. The molecule has 0 saturated heterocycles. The molecule has 0 bridgehead atoms. The number of pyridine rings is 1. The van der Waals surface area contributed by atoms with Crippen molar-refractivity contribution in [2.75, 3.05) is 6.61 Å². The van der Waals surface area contributed by atoms with Crippen LogP contribution in [0.1, 0.15) is 23.0 Å². The number of aromatic nitrogens is 1. The molecular weight excluding hydrogens is 396 g/mol. The highest BCUT2D eigenvalue weighted by Gasteiger charge is 2.12. The van der Waals surface area contributed by atoms with Crippen molar-refractivity contribution >= 4 is 16.9 Å². The standard InChI is InChI=1S/C24H20N2O5/c1-2-29-17-7-9-18(10-8-17)30-23-13-16(11-12-25-23)15-26-24(28)22-14-20(27)19-5-3-4-6-21(19)31-22/h3-14H,2,15H2,1H3,(H,26,28). The van der Waals surface area contributed by atoms with Gasteiger partial charge in [-0.1, -0.05) is 12.1 Å². The molecule has 7 heteroatoms. The highest BCUT2D eigenvalue weighted by Crippen LogP contribution is 2.23. The molecule has 1 N–H and O–H groups in total. The number of hydrogen-bond acceptors (Lipinski definition) is 6. The number of benzene rings is 2. The van der Waals surface area contributed by atoms with E-state index in [9.17, 15) is 9.59 Å². The largest absolute Gasteiger partial charge is 0.494 e. The fourth-order valence-electron chi connectivity index (χ4n) is 2.99. The van der Waals surface area contributed by atoms with E-state index >= 15 is 0 Å². The number of nitrogens with one attached hydrogen (secondary N) is 1. The van der Waals surface area contributed by atoms with Crippen molar-refractivity contribution in [3.05, 3.63) is 94.5 Å². The lowest BCUT2D eigenvalue weighted by Gasteiger charge is -2.09. The number of carbonyl (C=O) groups is 1. The minimum Gasteiger partial charge on any atom is -0.494 e. The molecule has 0 radical (unpaired) electrons. The highest BCUT2D eigenvalue weighted by atomic mass is 16.5. The van der Waals surface area contributed by atoms with Crippen LogP contribution in [0.3, 0.4) is 0 Å². The van der Waals surface area contributed by atoms with Crippen LogP contribution in [0.2, 0.25) is 0 Å². The van der Waals surface area contributed by atoms with E-state index in [4.69, 9.17) is 13.9 Å². The molecule has 0 aliphatic heterocycles. The number of ether oxygens (including phenoxy) is 2. The first-order valence-electron chi connectivity index (χ1n) is 9.79. The molecule has 7 nitrogen and oxygen atoms in total. The molecule has 0 atom stereocenters. The molecule has 1 amide bonds. The van der Waals surface area contributed by atoms with E-state index in [0.29, 0.717) is 29.2 Å². The Morgan fingerprint density at radius 3 is 2.61 bits per heavy atom. The summed E-state index contributed by atoms with van der Waals surface area (Å²) in [5.74, 6) is 1.26. The Labute approximate surface area is 178 Å². The van der Waals surface area contributed by atoms with Gasteiger partial charge >= 0.3 is 0 Å². The van der Waals surface area contributed by atoms with Crippen molar-refractivity contribution in [3.8, 4) is 17.4 Å². The molecule has 0 fully saturated rings. The van der Waals surface area contributed by atoms with Gasteiger partial charge in [0.25, 0.3) is 5.91 Å². The fourth-order valence-corrected chi connectivity index (χ4v) is 2.99. The van der Waals surface area contributed by atoms with Gasteiger partial charge in [0, 0.05) is 24.9 Å². The molecule has 4 rings (SSSR count). The maximum absolute atomic E-state index is 12.5. The van der Waals surface area contributed by atoms with Gasteiger partial charge in [0.15, 0.2) is 11.2 Å². The second kappa shape index (κ2) is 9.13. The lowest BCUT2D eigenvalue weighted by Crippen LogP contribution is -2.24. The van der Waals surface area contributed by atoms with Crippen LogP contribution in [0, 0.1) is 0 Å². The minimum atomic E-state index is -0.478. The Hall–Kier alpha value is -4.13. The monoisotopic (exact) mass is 416 g/mol. The third kappa shape index (κ3) is 4.90. The van der Waals surface area contributed by atoms with E-state index < -0.39 is 5.91 Å². The third-order valence-corrected chi connectivity index (χ3v) is 4.47. The van der Waals surface area contributed by atoms with Gasteiger partial charge in [0.05, 0.1) is 12.0 Å². The topological polar surface area (TPSA) is 90.7 Å². The van der Waals surface area contributed by atoms with Crippen LogP contribution < -0.4 is 20.2 Å². The smallest absolute Gasteiger partial charge is 0.287 e. The fraction of sp³-hybridized carbons (Fsp3) is 0.125. The molecule has 0 unspecified atom stereocenters. The summed E-state index contributed by atoms with van der Waals surface area (Å²) in [6.07, 6.45) is 1.60. The van der Waals surface area contributed by atoms with Crippen molar-refractivity contribution in [2.45, 2.75) is 13.5 Å².